The predicted octanol–water partition coefficient (Wildman–Crippen LogP) is 3.51. The summed E-state index contributed by atoms with van der Waals surface area (Å²) >= 11 is 0. The molecule has 0 saturated heterocycles. The Labute approximate surface area is 126 Å². The van der Waals surface area contributed by atoms with Gasteiger partial charge in [0.25, 0.3) is 0 Å². The number of benzene rings is 1. The number of aryl methyl sites for hydroxylation is 2. The van der Waals surface area contributed by atoms with Crippen molar-refractivity contribution in [1.29, 1.82) is 0 Å². The van der Waals surface area contributed by atoms with E-state index in [4.69, 9.17) is 9.47 Å². The third-order valence-electron chi connectivity index (χ3n) is 4.01. The first kappa shape index (κ1) is 13.9. The molecular formula is C18H22NO2+. The Morgan fingerprint density at radius 1 is 1.05 bits per heavy atom. The van der Waals surface area contributed by atoms with Crippen molar-refractivity contribution >= 4 is 0 Å². The third-order valence-corrected chi connectivity index (χ3v) is 4.01. The number of nitrogens with zero attached hydrogens (tertiary/aromatic N) is 1. The van der Waals surface area contributed by atoms with Crippen molar-refractivity contribution in [3.8, 4) is 22.8 Å². The number of rotatable bonds is 1. The van der Waals surface area contributed by atoms with Crippen molar-refractivity contribution in [2.24, 2.45) is 7.05 Å². The number of ether oxygens (including phenoxy) is 2. The Morgan fingerprint density at radius 2 is 1.71 bits per heavy atom. The zero-order valence-electron chi connectivity index (χ0n) is 13.4. The van der Waals surface area contributed by atoms with Crippen LogP contribution in [0.2, 0.25) is 0 Å². The normalized spacial score (nSPS) is 13.6. The summed E-state index contributed by atoms with van der Waals surface area (Å²) in [6.07, 6.45) is 2.12. The standard InChI is InChI=1S/C18H22NO2/c1-12-8-16-17(21-11-20-16)10-14(12)15-9-13(18(2,3)4)6-7-19(15)5/h6-10H,11H2,1-5H3/q+1. The SMILES string of the molecule is Cc1cc2c(cc1-c1cc(C(C)(C)C)cc[n+]1C)OCO2. The fourth-order valence-electron chi connectivity index (χ4n) is 2.62. The van der Waals surface area contributed by atoms with Gasteiger partial charge in [-0.15, -0.1) is 0 Å². The molecule has 1 aliphatic heterocycles. The Balaban J connectivity index is 2.16. The summed E-state index contributed by atoms with van der Waals surface area (Å²) in [6.45, 7) is 9.13. The highest BCUT2D eigenvalue weighted by molar-refractivity contribution is 5.67. The summed E-state index contributed by atoms with van der Waals surface area (Å²) in [6, 6.07) is 8.59. The molecule has 0 radical (unpaired) electrons. The highest BCUT2D eigenvalue weighted by Gasteiger charge is 2.23. The molecule has 1 aliphatic rings. The number of pyridine rings is 1. The highest BCUT2D eigenvalue weighted by atomic mass is 16.7. The Morgan fingerprint density at radius 3 is 2.38 bits per heavy atom. The van der Waals surface area contributed by atoms with E-state index in [1.165, 1.54) is 22.4 Å². The van der Waals surface area contributed by atoms with Crippen LogP contribution < -0.4 is 14.0 Å². The minimum Gasteiger partial charge on any atom is -0.454 e. The van der Waals surface area contributed by atoms with Gasteiger partial charge in [0.15, 0.2) is 17.7 Å². The van der Waals surface area contributed by atoms with Crippen LogP contribution in [-0.4, -0.2) is 6.79 Å². The molecule has 2 heterocycles. The van der Waals surface area contributed by atoms with Crippen LogP contribution in [-0.2, 0) is 12.5 Å². The van der Waals surface area contributed by atoms with E-state index in [2.05, 4.69) is 69.8 Å². The second-order valence-electron chi connectivity index (χ2n) is 6.68. The first-order valence-corrected chi connectivity index (χ1v) is 7.27. The van der Waals surface area contributed by atoms with E-state index in [9.17, 15) is 0 Å². The molecule has 3 heteroatoms. The molecule has 0 bridgehead atoms. The second-order valence-corrected chi connectivity index (χ2v) is 6.68. The minimum absolute atomic E-state index is 0.132. The average molecular weight is 284 g/mol. The molecule has 3 rings (SSSR count). The monoisotopic (exact) mass is 284 g/mol. The van der Waals surface area contributed by atoms with Crippen molar-refractivity contribution in [3.05, 3.63) is 41.6 Å². The van der Waals surface area contributed by atoms with Gasteiger partial charge in [-0.3, -0.25) is 0 Å². The molecule has 0 aliphatic carbocycles. The maximum atomic E-state index is 5.52. The van der Waals surface area contributed by atoms with Gasteiger partial charge in [-0.1, -0.05) is 20.8 Å². The van der Waals surface area contributed by atoms with Gasteiger partial charge < -0.3 is 9.47 Å². The largest absolute Gasteiger partial charge is 0.454 e. The van der Waals surface area contributed by atoms with Gasteiger partial charge >= 0.3 is 0 Å². The van der Waals surface area contributed by atoms with Crippen LogP contribution in [0.3, 0.4) is 0 Å². The van der Waals surface area contributed by atoms with Crippen molar-refractivity contribution in [2.75, 3.05) is 6.79 Å². The van der Waals surface area contributed by atoms with Crippen LogP contribution in [0, 0.1) is 6.92 Å². The number of hydrogen-bond donors (Lipinski definition) is 0. The molecule has 0 fully saturated rings. The Hall–Kier alpha value is -2.03. The van der Waals surface area contributed by atoms with Crippen LogP contribution in [0.15, 0.2) is 30.5 Å². The van der Waals surface area contributed by atoms with Crippen molar-refractivity contribution in [1.82, 2.24) is 0 Å². The fraction of sp³-hybridized carbons (Fsp3) is 0.389. The van der Waals surface area contributed by atoms with Crippen LogP contribution in [0.4, 0.5) is 0 Å². The molecule has 0 amide bonds. The van der Waals surface area contributed by atoms with Crippen LogP contribution in [0.5, 0.6) is 11.5 Å². The van der Waals surface area contributed by atoms with E-state index in [-0.39, 0.29) is 5.41 Å². The van der Waals surface area contributed by atoms with Crippen molar-refractivity contribution < 1.29 is 14.0 Å². The lowest BCUT2D eigenvalue weighted by molar-refractivity contribution is -0.660. The fourth-order valence-corrected chi connectivity index (χ4v) is 2.62. The molecule has 3 nitrogen and oxygen atoms in total. The Bertz CT molecular complexity index is 699. The van der Waals surface area contributed by atoms with E-state index in [1.54, 1.807) is 0 Å². The van der Waals surface area contributed by atoms with Crippen LogP contribution in [0.25, 0.3) is 11.3 Å². The summed E-state index contributed by atoms with van der Waals surface area (Å²) in [5, 5.41) is 0. The van der Waals surface area contributed by atoms with Gasteiger partial charge in [0.2, 0.25) is 12.5 Å². The van der Waals surface area contributed by atoms with Crippen LogP contribution >= 0.6 is 0 Å². The topological polar surface area (TPSA) is 22.3 Å². The smallest absolute Gasteiger partial charge is 0.231 e. The maximum absolute atomic E-state index is 5.52. The van der Waals surface area contributed by atoms with Gasteiger partial charge in [0.1, 0.15) is 7.05 Å². The van der Waals surface area contributed by atoms with E-state index in [0.29, 0.717) is 6.79 Å². The van der Waals surface area contributed by atoms with E-state index in [0.717, 1.165) is 11.5 Å². The molecule has 0 N–H and O–H groups in total. The summed E-state index contributed by atoms with van der Waals surface area (Å²) in [7, 11) is 2.08. The van der Waals surface area contributed by atoms with Crippen LogP contribution in [0.1, 0.15) is 31.9 Å². The van der Waals surface area contributed by atoms with Gasteiger partial charge in [-0.25, -0.2) is 4.57 Å². The number of fused-ring (bicyclic) bond motifs is 1. The molecule has 2 aromatic rings. The van der Waals surface area contributed by atoms with Gasteiger partial charge in [-0.05, 0) is 35.6 Å². The summed E-state index contributed by atoms with van der Waals surface area (Å²) in [5.41, 5.74) is 5.03. The van der Waals surface area contributed by atoms with Crippen molar-refractivity contribution in [2.45, 2.75) is 33.1 Å². The average Bonchev–Trinajstić information content (AvgIpc) is 2.84. The van der Waals surface area contributed by atoms with E-state index >= 15 is 0 Å². The first-order chi connectivity index (χ1) is 9.86. The maximum Gasteiger partial charge on any atom is 0.231 e. The van der Waals surface area contributed by atoms with Crippen molar-refractivity contribution in [3.63, 3.8) is 0 Å². The molecule has 1 aromatic heterocycles. The summed E-state index contributed by atoms with van der Waals surface area (Å²) < 4.78 is 13.1. The van der Waals surface area contributed by atoms with E-state index in [1.807, 2.05) is 0 Å². The predicted molar refractivity (Wildman–Crippen MR) is 82.6 cm³/mol. The molecular weight excluding hydrogens is 262 g/mol. The number of aromatic nitrogens is 1. The zero-order valence-corrected chi connectivity index (χ0v) is 13.4. The molecule has 0 saturated carbocycles. The third kappa shape index (κ3) is 2.48. The quantitative estimate of drug-likeness (QED) is 0.748. The van der Waals surface area contributed by atoms with Gasteiger partial charge in [0, 0.05) is 12.1 Å². The molecule has 1 aromatic carbocycles. The lowest BCUT2D eigenvalue weighted by Gasteiger charge is -2.19. The molecule has 0 atom stereocenters. The lowest BCUT2D eigenvalue weighted by Crippen LogP contribution is -2.31. The molecule has 21 heavy (non-hydrogen) atoms. The van der Waals surface area contributed by atoms with Gasteiger partial charge in [0.05, 0.1) is 5.56 Å². The first-order valence-electron chi connectivity index (χ1n) is 7.27. The summed E-state index contributed by atoms with van der Waals surface area (Å²) in [5.74, 6) is 1.67. The zero-order chi connectivity index (χ0) is 15.2. The second kappa shape index (κ2) is 4.76. The molecule has 0 unspecified atom stereocenters. The summed E-state index contributed by atoms with van der Waals surface area (Å²) in [4.78, 5) is 0. The van der Waals surface area contributed by atoms with E-state index < -0.39 is 0 Å². The lowest BCUT2D eigenvalue weighted by atomic mass is 9.86. The number of hydrogen-bond acceptors (Lipinski definition) is 2. The minimum atomic E-state index is 0.132. The van der Waals surface area contributed by atoms with Gasteiger partial charge in [-0.2, -0.15) is 0 Å². The Kier molecular flexibility index (Phi) is 3.16. The molecule has 0 spiro atoms. The molecule has 110 valence electrons. The highest BCUT2D eigenvalue weighted by Crippen LogP contribution is 2.38.